The van der Waals surface area contributed by atoms with E-state index in [-0.39, 0.29) is 25.1 Å². The van der Waals surface area contributed by atoms with Crippen LogP contribution >= 0.6 is 0 Å². The maximum atomic E-state index is 11.3. The average Bonchev–Trinajstić information content (AvgIpc) is 2.16. The first-order valence-electron chi connectivity index (χ1n) is 5.35. The van der Waals surface area contributed by atoms with Gasteiger partial charge in [0.05, 0.1) is 6.54 Å². The molecule has 0 radical (unpaired) electrons. The monoisotopic (exact) mass is 231 g/mol. The number of amides is 2. The first kappa shape index (κ1) is 14.7. The molecule has 4 N–H and O–H groups in total. The van der Waals surface area contributed by atoms with E-state index < -0.39 is 6.09 Å². The molecule has 0 aliphatic rings. The molecule has 0 aliphatic heterocycles. The highest BCUT2D eigenvalue weighted by atomic mass is 16.5. The quantitative estimate of drug-likeness (QED) is 0.530. The van der Waals surface area contributed by atoms with Gasteiger partial charge in [0.15, 0.2) is 0 Å². The third-order valence-electron chi connectivity index (χ3n) is 2.20. The van der Waals surface area contributed by atoms with Crippen molar-refractivity contribution in [2.45, 2.75) is 26.8 Å². The summed E-state index contributed by atoms with van der Waals surface area (Å²) in [6.45, 7) is 6.82. The van der Waals surface area contributed by atoms with Crippen LogP contribution in [-0.4, -0.2) is 37.7 Å². The van der Waals surface area contributed by atoms with Crippen LogP contribution in [0.4, 0.5) is 4.79 Å². The first-order chi connectivity index (χ1) is 7.43. The fourth-order valence-electron chi connectivity index (χ4n) is 0.897. The fraction of sp³-hybridized carbons (Fsp3) is 0.800. The molecule has 0 aliphatic carbocycles. The van der Waals surface area contributed by atoms with Crippen LogP contribution in [-0.2, 0) is 9.53 Å². The molecular weight excluding hydrogens is 210 g/mol. The lowest BCUT2D eigenvalue weighted by atomic mass is 10.1. The summed E-state index contributed by atoms with van der Waals surface area (Å²) in [4.78, 5) is 21.6. The van der Waals surface area contributed by atoms with E-state index in [4.69, 9.17) is 5.73 Å². The van der Waals surface area contributed by atoms with E-state index >= 15 is 0 Å². The molecule has 16 heavy (non-hydrogen) atoms. The van der Waals surface area contributed by atoms with E-state index in [2.05, 4.69) is 15.4 Å². The van der Waals surface area contributed by atoms with Gasteiger partial charge in [-0.1, -0.05) is 13.8 Å². The molecule has 0 bridgehead atoms. The summed E-state index contributed by atoms with van der Waals surface area (Å²) in [6, 6.07) is 0.149. The Morgan fingerprint density at radius 1 is 1.31 bits per heavy atom. The Morgan fingerprint density at radius 3 is 2.44 bits per heavy atom. The van der Waals surface area contributed by atoms with Crippen LogP contribution in [0.15, 0.2) is 0 Å². The molecule has 0 aromatic rings. The molecule has 1 atom stereocenters. The van der Waals surface area contributed by atoms with Gasteiger partial charge in [0, 0.05) is 12.6 Å². The zero-order chi connectivity index (χ0) is 12.6. The average molecular weight is 231 g/mol. The Hall–Kier alpha value is -1.30. The first-order valence-corrected chi connectivity index (χ1v) is 5.35. The Morgan fingerprint density at radius 2 is 1.94 bits per heavy atom. The van der Waals surface area contributed by atoms with E-state index in [1.165, 1.54) is 0 Å². The van der Waals surface area contributed by atoms with E-state index in [1.807, 2.05) is 20.8 Å². The second-order valence-corrected chi connectivity index (χ2v) is 3.94. The van der Waals surface area contributed by atoms with E-state index in [0.717, 1.165) is 0 Å². The number of nitrogens with two attached hydrogens (primary N) is 1. The van der Waals surface area contributed by atoms with Crippen LogP contribution in [0.1, 0.15) is 20.8 Å². The summed E-state index contributed by atoms with van der Waals surface area (Å²) < 4.78 is 4.49. The predicted molar refractivity (Wildman–Crippen MR) is 60.8 cm³/mol. The van der Waals surface area contributed by atoms with Crippen molar-refractivity contribution in [3.8, 4) is 0 Å². The van der Waals surface area contributed by atoms with Gasteiger partial charge < -0.3 is 21.1 Å². The standard InChI is InChI=1S/C10H21N3O3/c1-7(2)8(3)13-9(14)6-12-4-5-16-10(11)15/h7-8,12H,4-6H2,1-3H3,(H2,11,15)(H,13,14). The van der Waals surface area contributed by atoms with E-state index in [1.54, 1.807) is 0 Å². The highest BCUT2D eigenvalue weighted by Crippen LogP contribution is 1.98. The van der Waals surface area contributed by atoms with Gasteiger partial charge in [-0.15, -0.1) is 0 Å². The summed E-state index contributed by atoms with van der Waals surface area (Å²) in [7, 11) is 0. The highest BCUT2D eigenvalue weighted by molar-refractivity contribution is 5.78. The van der Waals surface area contributed by atoms with Crippen LogP contribution in [0.3, 0.4) is 0 Å². The zero-order valence-electron chi connectivity index (χ0n) is 10.1. The maximum absolute atomic E-state index is 11.3. The molecule has 2 amide bonds. The van der Waals surface area contributed by atoms with E-state index in [9.17, 15) is 9.59 Å². The van der Waals surface area contributed by atoms with Crippen LogP contribution in [0.25, 0.3) is 0 Å². The van der Waals surface area contributed by atoms with Gasteiger partial charge in [0.2, 0.25) is 5.91 Å². The van der Waals surface area contributed by atoms with Crippen molar-refractivity contribution < 1.29 is 14.3 Å². The molecule has 0 aromatic carbocycles. The largest absolute Gasteiger partial charge is 0.448 e. The normalized spacial score (nSPS) is 12.2. The molecule has 6 nitrogen and oxygen atoms in total. The minimum atomic E-state index is -0.806. The van der Waals surface area contributed by atoms with Gasteiger partial charge in [0.1, 0.15) is 6.61 Å². The molecule has 0 spiro atoms. The zero-order valence-corrected chi connectivity index (χ0v) is 10.1. The van der Waals surface area contributed by atoms with Gasteiger partial charge in [-0.3, -0.25) is 4.79 Å². The van der Waals surface area contributed by atoms with Gasteiger partial charge in [-0.25, -0.2) is 4.79 Å². The van der Waals surface area contributed by atoms with Crippen molar-refractivity contribution in [2.75, 3.05) is 19.7 Å². The molecule has 94 valence electrons. The lowest BCUT2D eigenvalue weighted by molar-refractivity contribution is -0.121. The minimum Gasteiger partial charge on any atom is -0.448 e. The van der Waals surface area contributed by atoms with Crippen molar-refractivity contribution in [1.82, 2.24) is 10.6 Å². The lowest BCUT2D eigenvalue weighted by Crippen LogP contribution is -2.42. The minimum absolute atomic E-state index is 0.0692. The van der Waals surface area contributed by atoms with E-state index in [0.29, 0.717) is 12.5 Å². The number of carbonyl (C=O) groups excluding carboxylic acids is 2. The molecular formula is C10H21N3O3. The molecule has 0 rings (SSSR count). The SMILES string of the molecule is CC(C)C(C)NC(=O)CNCCOC(N)=O. The number of nitrogens with one attached hydrogen (secondary N) is 2. The van der Waals surface area contributed by atoms with Crippen molar-refractivity contribution in [1.29, 1.82) is 0 Å². The second-order valence-electron chi connectivity index (χ2n) is 3.94. The number of carbonyl (C=O) groups is 2. The highest BCUT2D eigenvalue weighted by Gasteiger charge is 2.09. The number of ether oxygens (including phenoxy) is 1. The smallest absolute Gasteiger partial charge is 0.404 e. The molecule has 1 unspecified atom stereocenters. The van der Waals surface area contributed by atoms with Crippen molar-refractivity contribution in [2.24, 2.45) is 11.7 Å². The lowest BCUT2D eigenvalue weighted by Gasteiger charge is -2.17. The van der Waals surface area contributed by atoms with Crippen LogP contribution < -0.4 is 16.4 Å². The van der Waals surface area contributed by atoms with Crippen molar-refractivity contribution in [3.63, 3.8) is 0 Å². The van der Waals surface area contributed by atoms with Gasteiger partial charge in [-0.05, 0) is 12.8 Å². The van der Waals surface area contributed by atoms with Crippen LogP contribution in [0.2, 0.25) is 0 Å². The topological polar surface area (TPSA) is 93.4 Å². The third-order valence-corrected chi connectivity index (χ3v) is 2.20. The summed E-state index contributed by atoms with van der Waals surface area (Å²) in [5.74, 6) is 0.336. The van der Waals surface area contributed by atoms with Crippen molar-refractivity contribution in [3.05, 3.63) is 0 Å². The Kier molecular flexibility index (Phi) is 7.28. The number of hydrogen-bond acceptors (Lipinski definition) is 4. The summed E-state index contributed by atoms with van der Waals surface area (Å²) in [6.07, 6.45) is -0.806. The summed E-state index contributed by atoms with van der Waals surface area (Å²) >= 11 is 0. The summed E-state index contributed by atoms with van der Waals surface area (Å²) in [5, 5.41) is 5.69. The summed E-state index contributed by atoms with van der Waals surface area (Å²) in [5.41, 5.74) is 4.77. The third kappa shape index (κ3) is 8.05. The molecule has 0 heterocycles. The number of rotatable bonds is 7. The second kappa shape index (κ2) is 7.92. The molecule has 6 heteroatoms. The molecule has 0 saturated carbocycles. The maximum Gasteiger partial charge on any atom is 0.404 e. The molecule has 0 saturated heterocycles. The molecule has 0 aromatic heterocycles. The Bertz CT molecular complexity index is 231. The van der Waals surface area contributed by atoms with Crippen LogP contribution in [0.5, 0.6) is 0 Å². The fourth-order valence-corrected chi connectivity index (χ4v) is 0.897. The van der Waals surface area contributed by atoms with Crippen molar-refractivity contribution >= 4 is 12.0 Å². The van der Waals surface area contributed by atoms with Crippen LogP contribution in [0, 0.1) is 5.92 Å². The van der Waals surface area contributed by atoms with Gasteiger partial charge in [0.25, 0.3) is 0 Å². The Labute approximate surface area is 95.9 Å². The molecule has 0 fully saturated rings. The van der Waals surface area contributed by atoms with Gasteiger partial charge >= 0.3 is 6.09 Å². The predicted octanol–water partition coefficient (Wildman–Crippen LogP) is -0.168. The number of hydrogen-bond donors (Lipinski definition) is 3. The Balaban J connectivity index is 3.47. The number of primary amides is 1. The van der Waals surface area contributed by atoms with Gasteiger partial charge in [-0.2, -0.15) is 0 Å².